The molecule has 1 amide bonds. The largest absolute Gasteiger partial charge is 0.434 e. The van der Waals surface area contributed by atoms with E-state index in [-0.39, 0.29) is 24.2 Å². The van der Waals surface area contributed by atoms with Gasteiger partial charge in [0.25, 0.3) is 5.91 Å². The highest BCUT2D eigenvalue weighted by Gasteiger charge is 2.36. The molecule has 2 N–H and O–H groups in total. The van der Waals surface area contributed by atoms with E-state index in [0.717, 1.165) is 53.8 Å². The molecule has 4 heterocycles. The standard InChI is InChI=1S/C16H18F3N5OS.ClH/c17-16(18,19)12-8-26-14(21-12)9-2-1-5-24(7-9)15(25)13-10-6-20-4-3-11(10)22-23-13;/h8-9,20H,1-7H2,(H,22,23);1H. The van der Waals surface area contributed by atoms with Crippen LogP contribution in [0.25, 0.3) is 0 Å². The minimum absolute atomic E-state index is 0. The first kappa shape index (κ1) is 20.1. The molecule has 0 spiro atoms. The van der Waals surface area contributed by atoms with Crippen molar-refractivity contribution in [3.63, 3.8) is 0 Å². The summed E-state index contributed by atoms with van der Waals surface area (Å²) >= 11 is 1.02. The van der Waals surface area contributed by atoms with Crippen LogP contribution in [0, 0.1) is 0 Å². The fraction of sp³-hybridized carbons (Fsp3) is 0.562. The smallest absolute Gasteiger partial charge is 0.337 e. The zero-order chi connectivity index (χ0) is 18.3. The van der Waals surface area contributed by atoms with E-state index in [2.05, 4.69) is 20.5 Å². The lowest BCUT2D eigenvalue weighted by atomic mass is 9.98. The van der Waals surface area contributed by atoms with Crippen molar-refractivity contribution >= 4 is 29.7 Å². The van der Waals surface area contributed by atoms with Crippen molar-refractivity contribution in [3.8, 4) is 0 Å². The molecule has 148 valence electrons. The van der Waals surface area contributed by atoms with Crippen LogP contribution in [0.5, 0.6) is 0 Å². The Bertz CT molecular complexity index is 821. The van der Waals surface area contributed by atoms with Crippen LogP contribution in [0.1, 0.15) is 51.2 Å². The highest BCUT2D eigenvalue weighted by Crippen LogP contribution is 2.35. The Balaban J connectivity index is 0.00000210. The molecule has 27 heavy (non-hydrogen) atoms. The molecule has 0 aliphatic carbocycles. The predicted molar refractivity (Wildman–Crippen MR) is 96.2 cm³/mol. The molecule has 4 rings (SSSR count). The molecule has 1 unspecified atom stereocenters. The number of fused-ring (bicyclic) bond motifs is 1. The van der Waals surface area contributed by atoms with Crippen molar-refractivity contribution in [2.75, 3.05) is 19.6 Å². The Labute approximate surface area is 164 Å². The summed E-state index contributed by atoms with van der Waals surface area (Å²) in [4.78, 5) is 18.3. The number of carbonyl (C=O) groups is 1. The Morgan fingerprint density at radius 3 is 2.93 bits per heavy atom. The normalized spacial score (nSPS) is 20.1. The molecule has 2 aromatic rings. The fourth-order valence-electron chi connectivity index (χ4n) is 3.52. The summed E-state index contributed by atoms with van der Waals surface area (Å²) in [5.74, 6) is -0.329. The van der Waals surface area contributed by atoms with Crippen LogP contribution in [0.15, 0.2) is 5.38 Å². The van der Waals surface area contributed by atoms with E-state index in [9.17, 15) is 18.0 Å². The molecule has 1 atom stereocenters. The first-order valence-electron chi connectivity index (χ1n) is 8.52. The molecular formula is C16H19ClF3N5OS. The third-order valence-corrected chi connectivity index (χ3v) is 5.89. The van der Waals surface area contributed by atoms with Crippen molar-refractivity contribution in [3.05, 3.63) is 33.0 Å². The maximum atomic E-state index is 12.9. The average Bonchev–Trinajstić information content (AvgIpc) is 3.28. The molecule has 0 saturated carbocycles. The first-order valence-corrected chi connectivity index (χ1v) is 9.40. The van der Waals surface area contributed by atoms with E-state index in [1.54, 1.807) is 4.90 Å². The number of alkyl halides is 3. The summed E-state index contributed by atoms with van der Waals surface area (Å²) in [5.41, 5.74) is 1.45. The fourth-order valence-corrected chi connectivity index (χ4v) is 4.48. The number of amides is 1. The van der Waals surface area contributed by atoms with Crippen LogP contribution in [-0.2, 0) is 19.1 Å². The number of piperidine rings is 1. The molecule has 2 aliphatic heterocycles. The maximum absolute atomic E-state index is 12.9. The summed E-state index contributed by atoms with van der Waals surface area (Å²) in [5, 5.41) is 11.8. The molecule has 0 aromatic carbocycles. The third kappa shape index (κ3) is 3.97. The van der Waals surface area contributed by atoms with Crippen LogP contribution in [0.4, 0.5) is 13.2 Å². The van der Waals surface area contributed by atoms with Gasteiger partial charge in [0.2, 0.25) is 0 Å². The zero-order valence-corrected chi connectivity index (χ0v) is 15.9. The summed E-state index contributed by atoms with van der Waals surface area (Å²) in [6.45, 7) is 2.41. The number of hydrogen-bond donors (Lipinski definition) is 2. The van der Waals surface area contributed by atoms with Crippen LogP contribution in [0.3, 0.4) is 0 Å². The molecule has 1 saturated heterocycles. The predicted octanol–water partition coefficient (Wildman–Crippen LogP) is 2.97. The Morgan fingerprint density at radius 2 is 2.19 bits per heavy atom. The van der Waals surface area contributed by atoms with Gasteiger partial charge in [-0.3, -0.25) is 9.89 Å². The molecule has 2 aromatic heterocycles. The number of aromatic nitrogens is 3. The second-order valence-corrected chi connectivity index (χ2v) is 7.50. The van der Waals surface area contributed by atoms with Gasteiger partial charge < -0.3 is 10.2 Å². The summed E-state index contributed by atoms with van der Waals surface area (Å²) in [6, 6.07) is 0. The van der Waals surface area contributed by atoms with E-state index in [4.69, 9.17) is 0 Å². The monoisotopic (exact) mass is 421 g/mol. The van der Waals surface area contributed by atoms with Gasteiger partial charge in [-0.1, -0.05) is 0 Å². The number of hydrogen-bond acceptors (Lipinski definition) is 5. The minimum atomic E-state index is -4.43. The number of halogens is 4. The van der Waals surface area contributed by atoms with Gasteiger partial charge in [-0.15, -0.1) is 23.7 Å². The number of aromatic amines is 1. The van der Waals surface area contributed by atoms with Crippen molar-refractivity contribution in [2.45, 2.75) is 37.9 Å². The van der Waals surface area contributed by atoms with Crippen LogP contribution >= 0.6 is 23.7 Å². The van der Waals surface area contributed by atoms with Gasteiger partial charge in [0.05, 0.1) is 5.01 Å². The highest BCUT2D eigenvalue weighted by atomic mass is 35.5. The molecule has 11 heteroatoms. The SMILES string of the molecule is Cl.O=C(c1n[nH]c2c1CNCC2)N1CCCC(c2nc(C(F)(F)F)cs2)C1. The number of H-pyrrole nitrogens is 1. The maximum Gasteiger partial charge on any atom is 0.434 e. The average molecular weight is 422 g/mol. The number of nitrogens with one attached hydrogen (secondary N) is 2. The van der Waals surface area contributed by atoms with Crippen LogP contribution in [0.2, 0.25) is 0 Å². The molecular weight excluding hydrogens is 403 g/mol. The second kappa shape index (κ2) is 7.76. The van der Waals surface area contributed by atoms with E-state index in [1.165, 1.54) is 0 Å². The first-order chi connectivity index (χ1) is 12.4. The Morgan fingerprint density at radius 1 is 1.37 bits per heavy atom. The minimum Gasteiger partial charge on any atom is -0.337 e. The van der Waals surface area contributed by atoms with Gasteiger partial charge in [0.15, 0.2) is 11.4 Å². The van der Waals surface area contributed by atoms with Crippen molar-refractivity contribution in [1.29, 1.82) is 0 Å². The lowest BCUT2D eigenvalue weighted by Crippen LogP contribution is -2.40. The van der Waals surface area contributed by atoms with E-state index >= 15 is 0 Å². The molecule has 2 aliphatic rings. The molecule has 0 bridgehead atoms. The number of nitrogens with zero attached hydrogens (tertiary/aromatic N) is 3. The third-order valence-electron chi connectivity index (χ3n) is 4.88. The van der Waals surface area contributed by atoms with Crippen LogP contribution < -0.4 is 5.32 Å². The molecule has 1 fully saturated rings. The number of rotatable bonds is 2. The van der Waals surface area contributed by atoms with Gasteiger partial charge in [-0.05, 0) is 12.8 Å². The molecule has 6 nitrogen and oxygen atoms in total. The lowest BCUT2D eigenvalue weighted by Gasteiger charge is -2.31. The van der Waals surface area contributed by atoms with Crippen molar-refractivity contribution in [2.24, 2.45) is 0 Å². The Kier molecular flexibility index (Phi) is 5.78. The van der Waals surface area contributed by atoms with E-state index < -0.39 is 11.9 Å². The number of likely N-dealkylation sites (tertiary alicyclic amines) is 1. The van der Waals surface area contributed by atoms with Crippen LogP contribution in [-0.4, -0.2) is 45.6 Å². The number of thiazole rings is 1. The van der Waals surface area contributed by atoms with E-state index in [1.807, 2.05) is 0 Å². The summed E-state index contributed by atoms with van der Waals surface area (Å²) < 4.78 is 38.3. The zero-order valence-electron chi connectivity index (χ0n) is 14.3. The number of carbonyl (C=O) groups excluding carboxylic acids is 1. The quantitative estimate of drug-likeness (QED) is 0.781. The van der Waals surface area contributed by atoms with Crippen molar-refractivity contribution in [1.82, 2.24) is 25.4 Å². The van der Waals surface area contributed by atoms with Gasteiger partial charge in [0, 0.05) is 55.2 Å². The Hall–Kier alpha value is -1.65. The van der Waals surface area contributed by atoms with Crippen molar-refractivity contribution < 1.29 is 18.0 Å². The summed E-state index contributed by atoms with van der Waals surface area (Å²) in [7, 11) is 0. The van der Waals surface area contributed by atoms with Gasteiger partial charge >= 0.3 is 6.18 Å². The molecule has 0 radical (unpaired) electrons. The lowest BCUT2D eigenvalue weighted by molar-refractivity contribution is -0.140. The van der Waals surface area contributed by atoms with Gasteiger partial charge in [-0.25, -0.2) is 4.98 Å². The second-order valence-electron chi connectivity index (χ2n) is 6.62. The van der Waals surface area contributed by atoms with Gasteiger partial charge in [-0.2, -0.15) is 18.3 Å². The summed E-state index contributed by atoms with van der Waals surface area (Å²) in [6.07, 6.45) is -2.16. The van der Waals surface area contributed by atoms with E-state index in [0.29, 0.717) is 30.3 Å². The van der Waals surface area contributed by atoms with Gasteiger partial charge in [0.1, 0.15) is 0 Å². The highest BCUT2D eigenvalue weighted by molar-refractivity contribution is 7.09. The topological polar surface area (TPSA) is 73.9 Å².